The lowest BCUT2D eigenvalue weighted by molar-refractivity contribution is 0.413. The van der Waals surface area contributed by atoms with Crippen LogP contribution in [0.5, 0.6) is 5.75 Å². The average Bonchev–Trinajstić information content (AvgIpc) is 3.42. The highest BCUT2D eigenvalue weighted by Crippen LogP contribution is 2.75. The molecule has 1 aromatic rings. The Morgan fingerprint density at radius 3 is 2.00 bits per heavy atom. The van der Waals surface area contributed by atoms with Crippen molar-refractivity contribution in [2.45, 2.75) is 94.8 Å². The molecular weight excluding hydrogens is 375 g/mol. The predicted molar refractivity (Wildman–Crippen MR) is 122 cm³/mol. The Bertz CT molecular complexity index is 792. The second-order valence-corrected chi connectivity index (χ2v) is 13.4. The molecule has 1 aromatic carbocycles. The first-order valence-electron chi connectivity index (χ1n) is 12.2. The lowest BCUT2D eigenvalue weighted by Gasteiger charge is -2.42. The molecule has 3 fully saturated rings. The molecule has 2 nitrogen and oxygen atoms in total. The smallest absolute Gasteiger partial charge is 0.126 e. The van der Waals surface area contributed by atoms with Gasteiger partial charge < -0.3 is 9.30 Å². The Morgan fingerprint density at radius 2 is 1.38 bits per heavy atom. The van der Waals surface area contributed by atoms with Gasteiger partial charge in [0, 0.05) is 16.9 Å². The van der Waals surface area contributed by atoms with Crippen molar-refractivity contribution in [3.63, 3.8) is 0 Å². The Kier molecular flexibility index (Phi) is 5.67. The number of allylic oxidation sites excluding steroid dienone is 2. The summed E-state index contributed by atoms with van der Waals surface area (Å²) in [6.45, 7) is 0. The van der Waals surface area contributed by atoms with E-state index in [1.807, 2.05) is 0 Å². The van der Waals surface area contributed by atoms with Crippen LogP contribution in [0.2, 0.25) is 0 Å². The zero-order valence-corrected chi connectivity index (χ0v) is 19.0. The highest BCUT2D eigenvalue weighted by Gasteiger charge is 2.52. The van der Waals surface area contributed by atoms with Crippen LogP contribution >= 0.6 is 7.14 Å². The minimum atomic E-state index is -2.39. The second kappa shape index (κ2) is 8.26. The molecule has 0 spiro atoms. The summed E-state index contributed by atoms with van der Waals surface area (Å²) in [6.07, 6.45) is 16.4. The fourth-order valence-corrected chi connectivity index (χ4v) is 12.4. The SMILES string of the molecule is COc1ccccc1C1=C(P(=O)(C2CCCCC2)C2CCCCC2)C2CCC1C2. The molecule has 29 heavy (non-hydrogen) atoms. The molecule has 4 aliphatic carbocycles. The number of rotatable bonds is 5. The Hall–Kier alpha value is -1.01. The van der Waals surface area contributed by atoms with E-state index in [9.17, 15) is 0 Å². The average molecular weight is 413 g/mol. The first-order valence-corrected chi connectivity index (χ1v) is 14.1. The summed E-state index contributed by atoms with van der Waals surface area (Å²) in [4.78, 5) is 0. The molecule has 3 saturated carbocycles. The van der Waals surface area contributed by atoms with Crippen LogP contribution in [-0.4, -0.2) is 18.4 Å². The van der Waals surface area contributed by atoms with Gasteiger partial charge in [0.25, 0.3) is 0 Å². The molecule has 0 heterocycles. The van der Waals surface area contributed by atoms with E-state index in [0.29, 0.717) is 23.2 Å². The summed E-state index contributed by atoms with van der Waals surface area (Å²) in [7, 11) is -0.602. The van der Waals surface area contributed by atoms with Gasteiger partial charge in [-0.3, -0.25) is 0 Å². The number of hydrogen-bond donors (Lipinski definition) is 0. The van der Waals surface area contributed by atoms with Crippen molar-refractivity contribution >= 4 is 12.7 Å². The van der Waals surface area contributed by atoms with Gasteiger partial charge >= 0.3 is 0 Å². The summed E-state index contributed by atoms with van der Waals surface area (Å²) in [6, 6.07) is 8.54. The third-order valence-corrected chi connectivity index (χ3v) is 13.1. The van der Waals surface area contributed by atoms with E-state index < -0.39 is 7.14 Å². The number of benzene rings is 1. The maximum Gasteiger partial charge on any atom is 0.126 e. The van der Waals surface area contributed by atoms with Crippen molar-refractivity contribution in [1.29, 1.82) is 0 Å². The summed E-state index contributed by atoms with van der Waals surface area (Å²) in [5.74, 6) is 2.16. The van der Waals surface area contributed by atoms with Gasteiger partial charge in [0.15, 0.2) is 0 Å². The number of fused-ring (bicyclic) bond motifs is 2. The van der Waals surface area contributed by atoms with Crippen LogP contribution in [-0.2, 0) is 4.57 Å². The summed E-state index contributed by atoms with van der Waals surface area (Å²) >= 11 is 0. The lowest BCUT2D eigenvalue weighted by Crippen LogP contribution is -2.26. The van der Waals surface area contributed by atoms with Crippen molar-refractivity contribution in [2.75, 3.05) is 7.11 Å². The Morgan fingerprint density at radius 1 is 0.793 bits per heavy atom. The van der Waals surface area contributed by atoms with Crippen molar-refractivity contribution in [3.05, 3.63) is 35.1 Å². The molecule has 3 heteroatoms. The summed E-state index contributed by atoms with van der Waals surface area (Å²) in [5.41, 5.74) is 3.64. The topological polar surface area (TPSA) is 26.3 Å². The quantitative estimate of drug-likeness (QED) is 0.460. The lowest BCUT2D eigenvalue weighted by atomic mass is 9.91. The first kappa shape index (κ1) is 19.9. The van der Waals surface area contributed by atoms with Crippen molar-refractivity contribution in [3.8, 4) is 5.75 Å². The van der Waals surface area contributed by atoms with Crippen LogP contribution in [0, 0.1) is 11.8 Å². The van der Waals surface area contributed by atoms with Gasteiger partial charge in [-0.2, -0.15) is 0 Å². The molecule has 5 rings (SSSR count). The van der Waals surface area contributed by atoms with Crippen LogP contribution in [0.3, 0.4) is 0 Å². The Labute approximate surface area is 176 Å². The molecule has 2 unspecified atom stereocenters. The third kappa shape index (κ3) is 3.34. The number of methoxy groups -OCH3 is 1. The molecule has 0 saturated heterocycles. The molecule has 158 valence electrons. The largest absolute Gasteiger partial charge is 0.496 e. The molecule has 0 amide bonds. The molecule has 0 aromatic heterocycles. The molecule has 4 aliphatic rings. The van der Waals surface area contributed by atoms with Crippen LogP contribution in [0.1, 0.15) is 89.0 Å². The summed E-state index contributed by atoms with van der Waals surface area (Å²) < 4.78 is 21.2. The maximum absolute atomic E-state index is 15.4. The molecule has 0 radical (unpaired) electrons. The van der Waals surface area contributed by atoms with Gasteiger partial charge in [0.2, 0.25) is 0 Å². The minimum absolute atomic E-state index is 0.457. The predicted octanol–water partition coefficient (Wildman–Crippen LogP) is 7.86. The van der Waals surface area contributed by atoms with Crippen molar-refractivity contribution in [2.24, 2.45) is 11.8 Å². The van der Waals surface area contributed by atoms with Gasteiger partial charge in [-0.1, -0.05) is 56.7 Å². The molecular formula is C26H37O2P. The van der Waals surface area contributed by atoms with Crippen molar-refractivity contribution in [1.82, 2.24) is 0 Å². The van der Waals surface area contributed by atoms with Crippen LogP contribution in [0.25, 0.3) is 5.57 Å². The van der Waals surface area contributed by atoms with E-state index in [0.717, 1.165) is 5.75 Å². The number of ether oxygens (including phenoxy) is 1. The summed E-state index contributed by atoms with van der Waals surface area (Å²) in [5, 5.41) is 1.47. The standard InChI is InChI=1S/C26H37O2P/c1-28-24-15-9-8-14-23(24)25-19-16-17-20(18-19)26(25)29(27,21-10-4-2-5-11-21)22-12-6-3-7-13-22/h8-9,14-15,19-22H,2-7,10-13,16-18H2,1H3. The highest BCUT2D eigenvalue weighted by molar-refractivity contribution is 7.69. The molecule has 2 atom stereocenters. The van der Waals surface area contributed by atoms with Gasteiger partial charge in [-0.15, -0.1) is 0 Å². The van der Waals surface area contributed by atoms with Gasteiger partial charge in [0.05, 0.1) is 7.11 Å². The van der Waals surface area contributed by atoms with Crippen LogP contribution < -0.4 is 4.74 Å². The van der Waals surface area contributed by atoms with Gasteiger partial charge in [0.1, 0.15) is 12.9 Å². The second-order valence-electron chi connectivity index (χ2n) is 10.00. The van der Waals surface area contributed by atoms with Crippen LogP contribution in [0.4, 0.5) is 0 Å². The number of para-hydroxylation sites is 1. The molecule has 0 N–H and O–H groups in total. The number of hydrogen-bond acceptors (Lipinski definition) is 2. The van der Waals surface area contributed by atoms with E-state index in [1.54, 1.807) is 7.11 Å². The van der Waals surface area contributed by atoms with E-state index >= 15 is 4.57 Å². The highest BCUT2D eigenvalue weighted by atomic mass is 31.2. The van der Waals surface area contributed by atoms with Crippen LogP contribution in [0.15, 0.2) is 29.6 Å². The molecule has 2 bridgehead atoms. The normalized spacial score (nSPS) is 28.9. The first-order chi connectivity index (χ1) is 14.2. The van der Waals surface area contributed by atoms with Gasteiger partial charge in [-0.05, 0) is 73.7 Å². The van der Waals surface area contributed by atoms with E-state index in [1.165, 1.54) is 99.9 Å². The zero-order valence-electron chi connectivity index (χ0n) is 18.1. The van der Waals surface area contributed by atoms with Gasteiger partial charge in [-0.25, -0.2) is 0 Å². The third-order valence-electron chi connectivity index (χ3n) is 8.51. The Balaban J connectivity index is 1.68. The molecule has 0 aliphatic heterocycles. The monoisotopic (exact) mass is 412 g/mol. The van der Waals surface area contributed by atoms with E-state index in [4.69, 9.17) is 4.74 Å². The maximum atomic E-state index is 15.4. The van der Waals surface area contributed by atoms with E-state index in [-0.39, 0.29) is 0 Å². The van der Waals surface area contributed by atoms with Crippen molar-refractivity contribution < 1.29 is 9.30 Å². The minimum Gasteiger partial charge on any atom is -0.496 e. The fourth-order valence-electron chi connectivity index (χ4n) is 7.24. The zero-order chi connectivity index (χ0) is 19.8. The van der Waals surface area contributed by atoms with E-state index in [2.05, 4.69) is 24.3 Å². The fraction of sp³-hybridized carbons (Fsp3) is 0.692.